The van der Waals surface area contributed by atoms with E-state index in [0.29, 0.717) is 23.9 Å². The third kappa shape index (κ3) is 3.08. The van der Waals surface area contributed by atoms with Crippen LogP contribution >= 0.6 is 11.6 Å². The Morgan fingerprint density at radius 2 is 2.16 bits per heavy atom. The van der Waals surface area contributed by atoms with Crippen molar-refractivity contribution >= 4 is 11.6 Å². The molecule has 1 aromatic carbocycles. The Morgan fingerprint density at radius 3 is 2.79 bits per heavy atom. The molecule has 1 unspecified atom stereocenters. The summed E-state index contributed by atoms with van der Waals surface area (Å²) in [4.78, 5) is 0. The van der Waals surface area contributed by atoms with Crippen LogP contribution in [0.4, 0.5) is 0 Å². The number of aromatic nitrogens is 2. The summed E-state index contributed by atoms with van der Waals surface area (Å²) in [7, 11) is 0. The summed E-state index contributed by atoms with van der Waals surface area (Å²) in [5.41, 5.74) is 1.60. The molecule has 0 aliphatic carbocycles. The van der Waals surface area contributed by atoms with Crippen LogP contribution in [-0.2, 0) is 6.54 Å². The molecule has 4 nitrogen and oxygen atoms in total. The maximum absolute atomic E-state index is 10.3. The zero-order valence-electron chi connectivity index (χ0n) is 11.0. The third-order valence-corrected chi connectivity index (χ3v) is 3.34. The maximum atomic E-state index is 10.3. The Kier molecular flexibility index (Phi) is 4.45. The van der Waals surface area contributed by atoms with Gasteiger partial charge in [0.2, 0.25) is 0 Å². The Bertz CT molecular complexity index is 554. The van der Waals surface area contributed by atoms with Crippen LogP contribution in [0.2, 0.25) is 5.02 Å². The quantitative estimate of drug-likeness (QED) is 0.916. The van der Waals surface area contributed by atoms with Crippen molar-refractivity contribution in [3.05, 3.63) is 46.7 Å². The SMILES string of the molecule is CCOc1ccccc1C(O)Cn1ncc(Cl)c1C. The van der Waals surface area contributed by atoms with E-state index in [1.807, 2.05) is 38.1 Å². The fourth-order valence-corrected chi connectivity index (χ4v) is 2.05. The highest BCUT2D eigenvalue weighted by molar-refractivity contribution is 6.31. The summed E-state index contributed by atoms with van der Waals surface area (Å²) in [6.45, 7) is 4.70. The largest absolute Gasteiger partial charge is 0.493 e. The normalized spacial score (nSPS) is 12.4. The summed E-state index contributed by atoms with van der Waals surface area (Å²) in [6.07, 6.45) is 0.898. The highest BCUT2D eigenvalue weighted by Gasteiger charge is 2.15. The van der Waals surface area contributed by atoms with Crippen LogP contribution in [0.25, 0.3) is 0 Å². The van der Waals surface area contributed by atoms with E-state index in [1.165, 1.54) is 0 Å². The van der Waals surface area contributed by atoms with Crippen LogP contribution < -0.4 is 4.74 Å². The zero-order chi connectivity index (χ0) is 13.8. The topological polar surface area (TPSA) is 47.3 Å². The molecule has 1 atom stereocenters. The number of hydrogen-bond acceptors (Lipinski definition) is 3. The maximum Gasteiger partial charge on any atom is 0.125 e. The number of halogens is 1. The number of rotatable bonds is 5. The Morgan fingerprint density at radius 1 is 1.42 bits per heavy atom. The van der Waals surface area contributed by atoms with Crippen molar-refractivity contribution < 1.29 is 9.84 Å². The number of aliphatic hydroxyl groups is 1. The summed E-state index contributed by atoms with van der Waals surface area (Å²) in [6, 6.07) is 7.47. The Labute approximate surface area is 117 Å². The minimum Gasteiger partial charge on any atom is -0.493 e. The second kappa shape index (κ2) is 6.08. The van der Waals surface area contributed by atoms with Crippen LogP contribution in [0.3, 0.4) is 0 Å². The van der Waals surface area contributed by atoms with E-state index < -0.39 is 6.10 Å². The Hall–Kier alpha value is -1.52. The van der Waals surface area contributed by atoms with Gasteiger partial charge in [-0.15, -0.1) is 0 Å². The molecule has 1 heterocycles. The third-order valence-electron chi connectivity index (χ3n) is 2.97. The van der Waals surface area contributed by atoms with E-state index >= 15 is 0 Å². The van der Waals surface area contributed by atoms with Gasteiger partial charge in [-0.25, -0.2) is 0 Å². The van der Waals surface area contributed by atoms with E-state index in [1.54, 1.807) is 10.9 Å². The van der Waals surface area contributed by atoms with Gasteiger partial charge >= 0.3 is 0 Å². The highest BCUT2D eigenvalue weighted by atomic mass is 35.5. The number of para-hydroxylation sites is 1. The van der Waals surface area contributed by atoms with Gasteiger partial charge in [0.05, 0.1) is 30.1 Å². The summed E-state index contributed by atoms with van der Waals surface area (Å²) in [5, 5.41) is 15.1. The molecule has 19 heavy (non-hydrogen) atoms. The lowest BCUT2D eigenvalue weighted by Gasteiger charge is -2.16. The van der Waals surface area contributed by atoms with E-state index in [4.69, 9.17) is 16.3 Å². The molecule has 5 heteroatoms. The molecular formula is C14H17ClN2O2. The van der Waals surface area contributed by atoms with Crippen molar-refractivity contribution in [2.24, 2.45) is 0 Å². The van der Waals surface area contributed by atoms with Gasteiger partial charge in [-0.3, -0.25) is 4.68 Å². The van der Waals surface area contributed by atoms with Crippen LogP contribution in [0.5, 0.6) is 5.75 Å². The monoisotopic (exact) mass is 280 g/mol. The van der Waals surface area contributed by atoms with E-state index in [0.717, 1.165) is 11.3 Å². The molecule has 1 N–H and O–H groups in total. The molecule has 0 spiro atoms. The van der Waals surface area contributed by atoms with E-state index in [2.05, 4.69) is 5.10 Å². The van der Waals surface area contributed by atoms with Gasteiger partial charge in [0.25, 0.3) is 0 Å². The molecule has 0 radical (unpaired) electrons. The summed E-state index contributed by atoms with van der Waals surface area (Å²) < 4.78 is 7.21. The summed E-state index contributed by atoms with van der Waals surface area (Å²) in [5.74, 6) is 0.702. The molecule has 0 aliphatic heterocycles. The lowest BCUT2D eigenvalue weighted by atomic mass is 10.1. The molecule has 1 aromatic heterocycles. The van der Waals surface area contributed by atoms with Crippen molar-refractivity contribution in [2.75, 3.05) is 6.61 Å². The van der Waals surface area contributed by atoms with E-state index in [9.17, 15) is 5.11 Å². The van der Waals surface area contributed by atoms with Crippen molar-refractivity contribution in [3.8, 4) is 5.75 Å². The number of hydrogen-bond donors (Lipinski definition) is 1. The fourth-order valence-electron chi connectivity index (χ4n) is 1.91. The van der Waals surface area contributed by atoms with Gasteiger partial charge in [0.15, 0.2) is 0 Å². The van der Waals surface area contributed by atoms with Gasteiger partial charge in [-0.05, 0) is 19.9 Å². The molecule has 0 saturated carbocycles. The summed E-state index contributed by atoms with van der Waals surface area (Å²) >= 11 is 5.95. The lowest BCUT2D eigenvalue weighted by Crippen LogP contribution is -2.12. The number of benzene rings is 1. The number of aliphatic hydroxyl groups excluding tert-OH is 1. The van der Waals surface area contributed by atoms with E-state index in [-0.39, 0.29) is 0 Å². The zero-order valence-corrected chi connectivity index (χ0v) is 11.8. The molecule has 0 aliphatic rings. The highest BCUT2D eigenvalue weighted by Crippen LogP contribution is 2.27. The molecule has 2 rings (SSSR count). The van der Waals surface area contributed by atoms with Gasteiger partial charge in [0, 0.05) is 5.56 Å². The standard InChI is InChI=1S/C14H17ClN2O2/c1-3-19-14-7-5-4-6-11(14)13(18)9-17-10(2)12(15)8-16-17/h4-8,13,18H,3,9H2,1-2H3. The van der Waals surface area contributed by atoms with Crippen LogP contribution in [0.15, 0.2) is 30.5 Å². The van der Waals surface area contributed by atoms with Gasteiger partial charge < -0.3 is 9.84 Å². The minimum absolute atomic E-state index is 0.350. The van der Waals surface area contributed by atoms with Crippen molar-refractivity contribution in [3.63, 3.8) is 0 Å². The Balaban J connectivity index is 2.20. The predicted octanol–water partition coefficient (Wildman–Crippen LogP) is 2.98. The molecule has 0 saturated heterocycles. The van der Waals surface area contributed by atoms with Crippen molar-refractivity contribution in [2.45, 2.75) is 26.5 Å². The van der Waals surface area contributed by atoms with Gasteiger partial charge in [-0.1, -0.05) is 29.8 Å². The van der Waals surface area contributed by atoms with Crippen LogP contribution in [-0.4, -0.2) is 21.5 Å². The second-order valence-corrected chi connectivity index (χ2v) is 4.65. The molecule has 102 valence electrons. The number of ether oxygens (including phenoxy) is 1. The first kappa shape index (κ1) is 13.9. The first-order valence-corrected chi connectivity index (χ1v) is 6.59. The molecule has 0 bridgehead atoms. The molecule has 0 amide bonds. The average molecular weight is 281 g/mol. The average Bonchev–Trinajstić information content (AvgIpc) is 2.72. The van der Waals surface area contributed by atoms with Gasteiger partial charge in [0.1, 0.15) is 11.9 Å². The smallest absolute Gasteiger partial charge is 0.125 e. The lowest BCUT2D eigenvalue weighted by molar-refractivity contribution is 0.145. The molecular weight excluding hydrogens is 264 g/mol. The predicted molar refractivity (Wildman–Crippen MR) is 74.5 cm³/mol. The van der Waals surface area contributed by atoms with Gasteiger partial charge in [-0.2, -0.15) is 5.10 Å². The van der Waals surface area contributed by atoms with Crippen LogP contribution in [0, 0.1) is 6.92 Å². The number of nitrogens with zero attached hydrogens (tertiary/aromatic N) is 2. The first-order valence-electron chi connectivity index (χ1n) is 6.21. The fraction of sp³-hybridized carbons (Fsp3) is 0.357. The molecule has 2 aromatic rings. The first-order chi connectivity index (χ1) is 9.13. The van der Waals surface area contributed by atoms with Crippen molar-refractivity contribution in [1.82, 2.24) is 9.78 Å². The van der Waals surface area contributed by atoms with Crippen LogP contribution in [0.1, 0.15) is 24.3 Å². The second-order valence-electron chi connectivity index (χ2n) is 4.25. The van der Waals surface area contributed by atoms with Crippen molar-refractivity contribution in [1.29, 1.82) is 0 Å². The molecule has 0 fully saturated rings. The minimum atomic E-state index is -0.683.